The Balaban J connectivity index is 1.52. The average Bonchev–Trinajstić information content (AvgIpc) is 3.32. The number of aromatic nitrogens is 1. The normalized spacial score (nSPS) is 10.7. The summed E-state index contributed by atoms with van der Waals surface area (Å²) in [5, 5.41) is 12.6. The zero-order valence-corrected chi connectivity index (χ0v) is 18.7. The lowest BCUT2D eigenvalue weighted by Crippen LogP contribution is -2.28. The average molecular weight is 434 g/mol. The van der Waals surface area contributed by atoms with Crippen molar-refractivity contribution in [3.63, 3.8) is 0 Å². The van der Waals surface area contributed by atoms with Crippen LogP contribution in [0.15, 0.2) is 97.2 Å². The zero-order valence-electron chi connectivity index (χ0n) is 18.7. The highest BCUT2D eigenvalue weighted by molar-refractivity contribution is 5.95. The fourth-order valence-electron chi connectivity index (χ4n) is 4.17. The SMILES string of the molecule is CCc1ccc(-n2ccc(C#N)c2C(=O)NCCC(c2ccccc2)c2ccccc2)cc1. The molecule has 0 unspecified atom stereocenters. The lowest BCUT2D eigenvalue weighted by atomic mass is 9.88. The summed E-state index contributed by atoms with van der Waals surface area (Å²) in [5.41, 5.74) is 5.27. The molecule has 1 amide bonds. The van der Waals surface area contributed by atoms with Gasteiger partial charge in [0.15, 0.2) is 0 Å². The van der Waals surface area contributed by atoms with Gasteiger partial charge in [-0.2, -0.15) is 5.26 Å². The molecule has 0 radical (unpaired) electrons. The summed E-state index contributed by atoms with van der Waals surface area (Å²) < 4.78 is 1.79. The van der Waals surface area contributed by atoms with Crippen molar-refractivity contribution in [1.82, 2.24) is 9.88 Å². The minimum absolute atomic E-state index is 0.177. The van der Waals surface area contributed by atoms with Crippen LogP contribution in [0.1, 0.15) is 52.0 Å². The van der Waals surface area contributed by atoms with Crippen molar-refractivity contribution in [3.8, 4) is 11.8 Å². The smallest absolute Gasteiger partial charge is 0.269 e. The van der Waals surface area contributed by atoms with Gasteiger partial charge in [0.1, 0.15) is 11.8 Å². The number of nitrogens with one attached hydrogen (secondary N) is 1. The Morgan fingerprint density at radius 2 is 1.52 bits per heavy atom. The maximum absolute atomic E-state index is 13.2. The number of benzene rings is 3. The molecular weight excluding hydrogens is 406 g/mol. The van der Waals surface area contributed by atoms with Crippen LogP contribution < -0.4 is 5.32 Å². The Morgan fingerprint density at radius 3 is 2.06 bits per heavy atom. The fourth-order valence-corrected chi connectivity index (χ4v) is 4.17. The lowest BCUT2D eigenvalue weighted by Gasteiger charge is -2.19. The Labute approximate surface area is 195 Å². The Morgan fingerprint density at radius 1 is 0.909 bits per heavy atom. The molecule has 1 aromatic heterocycles. The number of carbonyl (C=O) groups is 1. The predicted molar refractivity (Wildman–Crippen MR) is 132 cm³/mol. The molecule has 0 aliphatic rings. The van der Waals surface area contributed by atoms with Gasteiger partial charge in [-0.15, -0.1) is 0 Å². The number of hydrogen-bond acceptors (Lipinski definition) is 2. The van der Waals surface area contributed by atoms with Gasteiger partial charge in [0, 0.05) is 24.3 Å². The molecule has 33 heavy (non-hydrogen) atoms. The van der Waals surface area contributed by atoms with Gasteiger partial charge in [-0.25, -0.2) is 0 Å². The number of hydrogen-bond donors (Lipinski definition) is 1. The van der Waals surface area contributed by atoms with E-state index in [2.05, 4.69) is 42.6 Å². The van der Waals surface area contributed by atoms with E-state index in [-0.39, 0.29) is 11.8 Å². The van der Waals surface area contributed by atoms with Crippen LogP contribution in [0.2, 0.25) is 0 Å². The van der Waals surface area contributed by atoms with E-state index in [1.54, 1.807) is 16.8 Å². The van der Waals surface area contributed by atoms with E-state index in [0.717, 1.165) is 18.5 Å². The molecule has 0 spiro atoms. The van der Waals surface area contributed by atoms with Crippen LogP contribution in [-0.4, -0.2) is 17.0 Å². The monoisotopic (exact) mass is 433 g/mol. The first-order chi connectivity index (χ1) is 16.2. The molecule has 4 rings (SSSR count). The minimum atomic E-state index is -0.240. The molecule has 0 atom stereocenters. The van der Waals surface area contributed by atoms with Crippen molar-refractivity contribution >= 4 is 5.91 Å². The van der Waals surface area contributed by atoms with Gasteiger partial charge in [0.25, 0.3) is 5.91 Å². The first-order valence-electron chi connectivity index (χ1n) is 11.3. The second-order valence-electron chi connectivity index (χ2n) is 8.00. The van der Waals surface area contributed by atoms with E-state index in [1.165, 1.54) is 16.7 Å². The van der Waals surface area contributed by atoms with Crippen molar-refractivity contribution in [1.29, 1.82) is 5.26 Å². The van der Waals surface area contributed by atoms with Crippen LogP contribution in [0.4, 0.5) is 0 Å². The second kappa shape index (κ2) is 10.5. The maximum atomic E-state index is 13.2. The van der Waals surface area contributed by atoms with E-state index < -0.39 is 0 Å². The molecule has 1 heterocycles. The maximum Gasteiger partial charge on any atom is 0.269 e. The summed E-state index contributed by atoms with van der Waals surface area (Å²) >= 11 is 0. The van der Waals surface area contributed by atoms with Crippen molar-refractivity contribution in [2.45, 2.75) is 25.7 Å². The van der Waals surface area contributed by atoms with Crippen molar-refractivity contribution in [2.24, 2.45) is 0 Å². The summed E-state index contributed by atoms with van der Waals surface area (Å²) in [6.07, 6.45) is 3.49. The van der Waals surface area contributed by atoms with Crippen molar-refractivity contribution < 1.29 is 4.79 Å². The topological polar surface area (TPSA) is 57.8 Å². The molecule has 0 saturated carbocycles. The predicted octanol–water partition coefficient (Wildman–Crippen LogP) is 5.86. The summed E-state index contributed by atoms with van der Waals surface area (Å²) in [6, 6.07) is 32.6. The number of rotatable bonds is 8. The number of nitriles is 1. The van der Waals surface area contributed by atoms with Crippen LogP contribution in [0.5, 0.6) is 0 Å². The molecule has 1 N–H and O–H groups in total. The molecule has 0 saturated heterocycles. The number of amides is 1. The summed E-state index contributed by atoms with van der Waals surface area (Å²) in [4.78, 5) is 13.2. The van der Waals surface area contributed by atoms with E-state index in [0.29, 0.717) is 17.8 Å². The van der Waals surface area contributed by atoms with Gasteiger partial charge < -0.3 is 9.88 Å². The number of carbonyl (C=O) groups excluding carboxylic acids is 1. The standard InChI is InChI=1S/C29H27N3O/c1-2-22-13-15-26(16-14-22)32-20-18-25(21-30)28(32)29(33)31-19-17-27(23-9-5-3-6-10-23)24-11-7-4-8-12-24/h3-16,18,20,27H,2,17,19H2,1H3,(H,31,33). The third-order valence-corrected chi connectivity index (χ3v) is 5.97. The highest BCUT2D eigenvalue weighted by atomic mass is 16.1. The third-order valence-electron chi connectivity index (χ3n) is 5.97. The van der Waals surface area contributed by atoms with Crippen molar-refractivity contribution in [3.05, 3.63) is 125 Å². The van der Waals surface area contributed by atoms with Gasteiger partial charge in [0.05, 0.1) is 5.56 Å². The number of aryl methyl sites for hydroxylation is 1. The van der Waals surface area contributed by atoms with Gasteiger partial charge in [0.2, 0.25) is 0 Å². The second-order valence-corrected chi connectivity index (χ2v) is 8.00. The summed E-state index contributed by atoms with van der Waals surface area (Å²) in [5.74, 6) is -0.0625. The van der Waals surface area contributed by atoms with Gasteiger partial charge in [-0.05, 0) is 47.7 Å². The molecule has 3 aromatic carbocycles. The fraction of sp³-hybridized carbons (Fsp3) is 0.172. The molecule has 4 aromatic rings. The van der Waals surface area contributed by atoms with Crippen LogP contribution in [0, 0.1) is 11.3 Å². The summed E-state index contributed by atoms with van der Waals surface area (Å²) in [6.45, 7) is 2.60. The largest absolute Gasteiger partial charge is 0.351 e. The first-order valence-corrected chi connectivity index (χ1v) is 11.3. The molecule has 0 aliphatic heterocycles. The van der Waals surface area contributed by atoms with E-state index in [9.17, 15) is 10.1 Å². The molecule has 164 valence electrons. The van der Waals surface area contributed by atoms with E-state index in [1.807, 2.05) is 60.7 Å². The molecule has 4 nitrogen and oxygen atoms in total. The van der Waals surface area contributed by atoms with Crippen LogP contribution >= 0.6 is 0 Å². The Bertz CT molecular complexity index is 1200. The van der Waals surface area contributed by atoms with Gasteiger partial charge in [-0.3, -0.25) is 4.79 Å². The first kappa shape index (κ1) is 22.1. The highest BCUT2D eigenvalue weighted by Gasteiger charge is 2.19. The summed E-state index contributed by atoms with van der Waals surface area (Å²) in [7, 11) is 0. The highest BCUT2D eigenvalue weighted by Crippen LogP contribution is 2.27. The van der Waals surface area contributed by atoms with Crippen molar-refractivity contribution in [2.75, 3.05) is 6.54 Å². The third kappa shape index (κ3) is 5.05. The minimum Gasteiger partial charge on any atom is -0.351 e. The Kier molecular flexibility index (Phi) is 7.02. The quantitative estimate of drug-likeness (QED) is 0.378. The van der Waals surface area contributed by atoms with Crippen LogP contribution in [0.25, 0.3) is 5.69 Å². The van der Waals surface area contributed by atoms with Gasteiger partial charge in [-0.1, -0.05) is 79.7 Å². The molecule has 0 fully saturated rings. The molecule has 4 heteroatoms. The van der Waals surface area contributed by atoms with E-state index in [4.69, 9.17) is 0 Å². The van der Waals surface area contributed by atoms with E-state index >= 15 is 0 Å². The van der Waals surface area contributed by atoms with Gasteiger partial charge >= 0.3 is 0 Å². The van der Waals surface area contributed by atoms with Crippen LogP contribution in [0.3, 0.4) is 0 Å². The van der Waals surface area contributed by atoms with Crippen LogP contribution in [-0.2, 0) is 6.42 Å². The molecular formula is C29H27N3O. The lowest BCUT2D eigenvalue weighted by molar-refractivity contribution is 0.0946. The number of nitrogens with zero attached hydrogens (tertiary/aromatic N) is 2. The zero-order chi connectivity index (χ0) is 23.0. The molecule has 0 aliphatic carbocycles. The molecule has 0 bridgehead atoms. The Hall–Kier alpha value is -4.10.